The lowest BCUT2D eigenvalue weighted by Crippen LogP contribution is -2.40. The third kappa shape index (κ3) is 3.52. The summed E-state index contributed by atoms with van der Waals surface area (Å²) in [5.74, 6) is -1.68. The molecular formula is C8H13F2N3O2. The fraction of sp³-hybridized carbons (Fsp3) is 0.750. The van der Waals surface area contributed by atoms with Crippen LogP contribution in [-0.2, 0) is 9.47 Å². The molecule has 2 atom stereocenters. The monoisotopic (exact) mass is 221 g/mol. The molecule has 1 aliphatic heterocycles. The van der Waals surface area contributed by atoms with Crippen molar-refractivity contribution in [2.24, 2.45) is 5.73 Å². The number of rotatable bonds is 2. The lowest BCUT2D eigenvalue weighted by Gasteiger charge is -2.26. The van der Waals surface area contributed by atoms with Crippen molar-refractivity contribution in [2.75, 3.05) is 6.61 Å². The van der Waals surface area contributed by atoms with E-state index in [4.69, 9.17) is 21.3 Å². The Morgan fingerprint density at radius 1 is 1.40 bits per heavy atom. The van der Waals surface area contributed by atoms with E-state index < -0.39 is 24.3 Å². The highest BCUT2D eigenvalue weighted by Crippen LogP contribution is 2.14. The maximum absolute atomic E-state index is 11.9. The summed E-state index contributed by atoms with van der Waals surface area (Å²) >= 11 is 0. The minimum absolute atomic E-state index is 0.0800. The minimum Gasteiger partial charge on any atom is -0.421 e. The number of hydrogen-bond acceptors (Lipinski definition) is 5. The standard InChI is InChI=1S/C8H13F2N3O2/c9-6(10)8(13)15-7(12)5-2-1-4(11)3-14-5/h4-6,12-13H,1-3,11H2/t4-,5+/m0/s1. The van der Waals surface area contributed by atoms with E-state index in [1.807, 2.05) is 0 Å². The Morgan fingerprint density at radius 2 is 2.07 bits per heavy atom. The number of nitrogens with two attached hydrogens (primary N) is 1. The first-order valence-corrected chi connectivity index (χ1v) is 4.50. The molecule has 0 unspecified atom stereocenters. The lowest BCUT2D eigenvalue weighted by molar-refractivity contribution is 0.0352. The highest BCUT2D eigenvalue weighted by molar-refractivity contribution is 5.92. The molecule has 0 bridgehead atoms. The second-order valence-electron chi connectivity index (χ2n) is 3.29. The second kappa shape index (κ2) is 5.13. The molecule has 0 aliphatic carbocycles. The molecule has 1 rings (SSSR count). The van der Waals surface area contributed by atoms with Crippen LogP contribution < -0.4 is 5.73 Å². The number of alkyl halides is 2. The summed E-state index contributed by atoms with van der Waals surface area (Å²) in [4.78, 5) is 0. The molecule has 15 heavy (non-hydrogen) atoms. The summed E-state index contributed by atoms with van der Waals surface area (Å²) in [5, 5.41) is 14.0. The molecule has 0 aromatic carbocycles. The molecule has 1 saturated heterocycles. The fourth-order valence-corrected chi connectivity index (χ4v) is 1.21. The van der Waals surface area contributed by atoms with Gasteiger partial charge in [0.1, 0.15) is 6.10 Å². The van der Waals surface area contributed by atoms with Crippen LogP contribution in [0.15, 0.2) is 0 Å². The van der Waals surface area contributed by atoms with Crippen LogP contribution in [-0.4, -0.2) is 37.0 Å². The maximum Gasteiger partial charge on any atom is 0.312 e. The quantitative estimate of drug-likeness (QED) is 0.474. The van der Waals surface area contributed by atoms with Crippen molar-refractivity contribution >= 4 is 11.8 Å². The van der Waals surface area contributed by atoms with Gasteiger partial charge in [0.2, 0.25) is 5.90 Å². The van der Waals surface area contributed by atoms with Crippen molar-refractivity contribution in [1.29, 1.82) is 10.8 Å². The van der Waals surface area contributed by atoms with E-state index in [0.29, 0.717) is 12.8 Å². The predicted molar refractivity (Wildman–Crippen MR) is 49.5 cm³/mol. The molecule has 1 heterocycles. The van der Waals surface area contributed by atoms with Crippen molar-refractivity contribution in [3.8, 4) is 0 Å². The van der Waals surface area contributed by atoms with Crippen molar-refractivity contribution in [3.05, 3.63) is 0 Å². The smallest absolute Gasteiger partial charge is 0.312 e. The summed E-state index contributed by atoms with van der Waals surface area (Å²) in [6.45, 7) is 0.276. The van der Waals surface area contributed by atoms with Gasteiger partial charge >= 0.3 is 6.43 Å². The first kappa shape index (κ1) is 12.0. The van der Waals surface area contributed by atoms with Crippen LogP contribution in [0, 0.1) is 10.8 Å². The van der Waals surface area contributed by atoms with Crippen LogP contribution in [0.5, 0.6) is 0 Å². The molecule has 7 heteroatoms. The summed E-state index contributed by atoms with van der Waals surface area (Å²) in [6.07, 6.45) is -2.56. The van der Waals surface area contributed by atoms with E-state index in [0.717, 1.165) is 0 Å². The molecule has 0 aromatic heterocycles. The summed E-state index contributed by atoms with van der Waals surface area (Å²) in [7, 11) is 0. The van der Waals surface area contributed by atoms with Crippen LogP contribution in [0.3, 0.4) is 0 Å². The summed E-state index contributed by atoms with van der Waals surface area (Å²) < 4.78 is 33.3. The van der Waals surface area contributed by atoms with E-state index in [9.17, 15) is 8.78 Å². The molecule has 4 N–H and O–H groups in total. The Labute approximate surface area is 85.6 Å². The molecule has 0 radical (unpaired) electrons. The largest absolute Gasteiger partial charge is 0.421 e. The van der Waals surface area contributed by atoms with Gasteiger partial charge in [-0.15, -0.1) is 0 Å². The predicted octanol–water partition coefficient (Wildman–Crippen LogP) is 0.729. The first-order valence-electron chi connectivity index (χ1n) is 4.50. The van der Waals surface area contributed by atoms with Crippen LogP contribution >= 0.6 is 0 Å². The van der Waals surface area contributed by atoms with E-state index in [2.05, 4.69) is 4.74 Å². The molecule has 0 aromatic rings. The normalized spacial score (nSPS) is 26.4. The highest BCUT2D eigenvalue weighted by Gasteiger charge is 2.26. The minimum atomic E-state index is -3.00. The van der Waals surface area contributed by atoms with Gasteiger partial charge in [-0.05, 0) is 12.8 Å². The highest BCUT2D eigenvalue weighted by atomic mass is 19.3. The first-order chi connectivity index (χ1) is 7.00. The van der Waals surface area contributed by atoms with Gasteiger partial charge in [0.25, 0.3) is 5.90 Å². The van der Waals surface area contributed by atoms with E-state index in [1.165, 1.54) is 0 Å². The van der Waals surface area contributed by atoms with Crippen LogP contribution in [0.1, 0.15) is 12.8 Å². The maximum atomic E-state index is 11.9. The molecule has 1 aliphatic rings. The van der Waals surface area contributed by atoms with Gasteiger partial charge in [0.15, 0.2) is 0 Å². The fourth-order valence-electron chi connectivity index (χ4n) is 1.21. The third-order valence-corrected chi connectivity index (χ3v) is 2.02. The van der Waals surface area contributed by atoms with Crippen LogP contribution in [0.2, 0.25) is 0 Å². The third-order valence-electron chi connectivity index (χ3n) is 2.02. The Balaban J connectivity index is 2.37. The van der Waals surface area contributed by atoms with Crippen molar-refractivity contribution in [1.82, 2.24) is 0 Å². The van der Waals surface area contributed by atoms with Crippen LogP contribution in [0.4, 0.5) is 8.78 Å². The second-order valence-corrected chi connectivity index (χ2v) is 3.29. The zero-order valence-corrected chi connectivity index (χ0v) is 8.00. The number of nitrogens with one attached hydrogen (secondary N) is 2. The number of hydrogen-bond donors (Lipinski definition) is 3. The Hall–Kier alpha value is -1.08. The number of ether oxygens (including phenoxy) is 2. The van der Waals surface area contributed by atoms with Gasteiger partial charge in [-0.1, -0.05) is 0 Å². The molecule has 86 valence electrons. The van der Waals surface area contributed by atoms with Gasteiger partial charge in [0, 0.05) is 6.04 Å². The molecule has 0 spiro atoms. The lowest BCUT2D eigenvalue weighted by atomic mass is 10.1. The average molecular weight is 221 g/mol. The Kier molecular flexibility index (Phi) is 4.10. The van der Waals surface area contributed by atoms with Crippen molar-refractivity contribution in [3.63, 3.8) is 0 Å². The van der Waals surface area contributed by atoms with Gasteiger partial charge in [-0.2, -0.15) is 8.78 Å². The SMILES string of the molecule is N=C(OC(=N)[C@H]1CC[C@H](N)CO1)C(F)F. The van der Waals surface area contributed by atoms with Crippen molar-refractivity contribution < 1.29 is 18.3 Å². The Morgan fingerprint density at radius 3 is 2.53 bits per heavy atom. The molecule has 1 fully saturated rings. The topological polar surface area (TPSA) is 92.2 Å². The van der Waals surface area contributed by atoms with Gasteiger partial charge in [-0.25, -0.2) is 0 Å². The number of halogens is 2. The van der Waals surface area contributed by atoms with Gasteiger partial charge < -0.3 is 15.2 Å². The van der Waals surface area contributed by atoms with E-state index in [-0.39, 0.29) is 12.6 Å². The molecule has 0 saturated carbocycles. The molecular weight excluding hydrogens is 208 g/mol. The van der Waals surface area contributed by atoms with E-state index >= 15 is 0 Å². The van der Waals surface area contributed by atoms with E-state index in [1.54, 1.807) is 0 Å². The zero-order valence-electron chi connectivity index (χ0n) is 8.00. The Bertz CT molecular complexity index is 252. The molecule has 5 nitrogen and oxygen atoms in total. The van der Waals surface area contributed by atoms with Gasteiger partial charge in [-0.3, -0.25) is 10.8 Å². The average Bonchev–Trinajstić information content (AvgIpc) is 2.18. The molecule has 0 amide bonds. The van der Waals surface area contributed by atoms with Crippen LogP contribution in [0.25, 0.3) is 0 Å². The van der Waals surface area contributed by atoms with Gasteiger partial charge in [0.05, 0.1) is 6.61 Å². The van der Waals surface area contributed by atoms with Crippen molar-refractivity contribution in [2.45, 2.75) is 31.4 Å². The zero-order chi connectivity index (χ0) is 11.4. The summed E-state index contributed by atoms with van der Waals surface area (Å²) in [5.41, 5.74) is 5.55. The summed E-state index contributed by atoms with van der Waals surface area (Å²) in [6, 6.07) is -0.0800.